The van der Waals surface area contributed by atoms with Crippen LogP contribution in [0.4, 0.5) is 5.69 Å². The molecule has 0 saturated carbocycles. The molecule has 31 heavy (non-hydrogen) atoms. The molecule has 6 nitrogen and oxygen atoms in total. The molecule has 0 aliphatic rings. The fourth-order valence-electron chi connectivity index (χ4n) is 2.94. The van der Waals surface area contributed by atoms with Crippen LogP contribution in [0.3, 0.4) is 0 Å². The summed E-state index contributed by atoms with van der Waals surface area (Å²) in [7, 11) is 3.14. The van der Waals surface area contributed by atoms with Crippen molar-refractivity contribution < 1.29 is 24.1 Å². The van der Waals surface area contributed by atoms with Crippen molar-refractivity contribution in [1.29, 1.82) is 0 Å². The van der Waals surface area contributed by atoms with E-state index in [1.165, 1.54) is 4.90 Å². The lowest BCUT2D eigenvalue weighted by Gasteiger charge is -2.26. The fourth-order valence-corrected chi connectivity index (χ4v) is 3.07. The molecule has 7 heteroatoms. The Bertz CT molecular complexity index is 974. The van der Waals surface area contributed by atoms with Crippen molar-refractivity contribution in [2.75, 3.05) is 32.3 Å². The lowest BCUT2D eigenvalue weighted by molar-refractivity contribution is 0.0906. The molecular weight excluding hydrogens is 418 g/mol. The van der Waals surface area contributed by atoms with Crippen LogP contribution in [0.15, 0.2) is 72.8 Å². The predicted molar refractivity (Wildman–Crippen MR) is 121 cm³/mol. The Labute approximate surface area is 186 Å². The zero-order chi connectivity index (χ0) is 22.2. The second kappa shape index (κ2) is 10.7. The topological polar surface area (TPSA) is 68.2 Å². The monoisotopic (exact) mass is 441 g/mol. The van der Waals surface area contributed by atoms with Gasteiger partial charge < -0.3 is 24.2 Å². The van der Waals surface area contributed by atoms with E-state index in [0.29, 0.717) is 33.5 Å². The molecule has 3 aromatic rings. The van der Waals surface area contributed by atoms with Gasteiger partial charge in [-0.25, -0.2) is 0 Å². The van der Waals surface area contributed by atoms with E-state index >= 15 is 0 Å². The van der Waals surface area contributed by atoms with Gasteiger partial charge in [-0.15, -0.1) is 0 Å². The number of hydrogen-bond donors (Lipinski definition) is 1. The number of carbonyl (C=O) groups is 1. The molecule has 0 fully saturated rings. The molecule has 0 radical (unpaired) electrons. The maximum atomic E-state index is 13.2. The Balaban J connectivity index is 1.76. The van der Waals surface area contributed by atoms with E-state index in [1.54, 1.807) is 87.0 Å². The van der Waals surface area contributed by atoms with Crippen molar-refractivity contribution in [2.24, 2.45) is 0 Å². The Morgan fingerprint density at radius 1 is 0.871 bits per heavy atom. The van der Waals surface area contributed by atoms with Gasteiger partial charge in [-0.3, -0.25) is 4.79 Å². The number of halogens is 1. The third-order valence-electron chi connectivity index (χ3n) is 4.62. The Kier molecular flexibility index (Phi) is 7.76. The second-order valence-corrected chi connectivity index (χ2v) is 7.20. The van der Waals surface area contributed by atoms with E-state index in [1.807, 2.05) is 0 Å². The van der Waals surface area contributed by atoms with Gasteiger partial charge in [0.2, 0.25) is 0 Å². The number of ether oxygens (including phenoxy) is 3. The molecule has 3 rings (SSSR count). The predicted octanol–water partition coefficient (Wildman–Crippen LogP) is 4.44. The average molecular weight is 442 g/mol. The van der Waals surface area contributed by atoms with Gasteiger partial charge in [-0.1, -0.05) is 11.6 Å². The summed E-state index contributed by atoms with van der Waals surface area (Å²) < 4.78 is 16.0. The molecule has 1 N–H and O–H groups in total. The van der Waals surface area contributed by atoms with Crippen LogP contribution in [0.1, 0.15) is 10.4 Å². The first-order valence-electron chi connectivity index (χ1n) is 9.66. The standard InChI is InChI=1S/C24H24ClNO5/c1-29-21-9-3-17(4-10-21)24(28)26(19-7-13-22(30-2)14-8-19)15-20(27)16-31-23-11-5-18(25)6-12-23/h3-14,20,27H,15-16H2,1-2H3/t20-/m1/s1. The molecule has 0 aliphatic carbocycles. The summed E-state index contributed by atoms with van der Waals surface area (Å²) in [5.41, 5.74) is 1.11. The first kappa shape index (κ1) is 22.5. The molecule has 0 unspecified atom stereocenters. The van der Waals surface area contributed by atoms with Crippen molar-refractivity contribution in [3.8, 4) is 17.2 Å². The number of aliphatic hydroxyl groups excluding tert-OH is 1. The van der Waals surface area contributed by atoms with Crippen molar-refractivity contribution in [3.63, 3.8) is 0 Å². The Hall–Kier alpha value is -3.22. The van der Waals surface area contributed by atoms with Crippen LogP contribution in [0.25, 0.3) is 0 Å². The van der Waals surface area contributed by atoms with E-state index < -0.39 is 6.10 Å². The van der Waals surface area contributed by atoms with Crippen molar-refractivity contribution in [2.45, 2.75) is 6.10 Å². The van der Waals surface area contributed by atoms with Gasteiger partial charge in [0.05, 0.1) is 20.8 Å². The van der Waals surface area contributed by atoms with Crippen LogP contribution in [-0.2, 0) is 0 Å². The van der Waals surface area contributed by atoms with Crippen molar-refractivity contribution in [3.05, 3.63) is 83.4 Å². The first-order chi connectivity index (χ1) is 15.0. The van der Waals surface area contributed by atoms with Crippen molar-refractivity contribution >= 4 is 23.2 Å². The van der Waals surface area contributed by atoms with Crippen LogP contribution >= 0.6 is 11.6 Å². The molecule has 0 saturated heterocycles. The molecule has 162 valence electrons. The molecular formula is C24H24ClNO5. The van der Waals surface area contributed by atoms with E-state index in [0.717, 1.165) is 0 Å². The summed E-state index contributed by atoms with van der Waals surface area (Å²) >= 11 is 5.88. The number of carbonyl (C=O) groups excluding carboxylic acids is 1. The zero-order valence-electron chi connectivity index (χ0n) is 17.3. The molecule has 0 aliphatic heterocycles. The van der Waals surface area contributed by atoms with E-state index in [2.05, 4.69) is 0 Å². The SMILES string of the molecule is COc1ccc(C(=O)N(C[C@@H](O)COc2ccc(Cl)cc2)c2ccc(OC)cc2)cc1. The van der Waals surface area contributed by atoms with E-state index in [-0.39, 0.29) is 19.1 Å². The Morgan fingerprint density at radius 2 is 1.39 bits per heavy atom. The van der Waals surface area contributed by atoms with Crippen molar-refractivity contribution in [1.82, 2.24) is 0 Å². The molecule has 0 heterocycles. The number of methoxy groups -OCH3 is 2. The molecule has 0 bridgehead atoms. The summed E-state index contributed by atoms with van der Waals surface area (Å²) in [5.74, 6) is 1.66. The van der Waals surface area contributed by atoms with Crippen LogP contribution in [0, 0.1) is 0 Å². The normalized spacial score (nSPS) is 11.5. The van der Waals surface area contributed by atoms with Gasteiger partial charge in [0, 0.05) is 16.3 Å². The number of nitrogens with zero attached hydrogens (tertiary/aromatic N) is 1. The second-order valence-electron chi connectivity index (χ2n) is 6.76. The number of aliphatic hydroxyl groups is 1. The summed E-state index contributed by atoms with van der Waals surface area (Å²) in [6, 6.07) is 20.7. The van der Waals surface area contributed by atoms with Gasteiger partial charge >= 0.3 is 0 Å². The summed E-state index contributed by atoms with van der Waals surface area (Å²) in [5, 5.41) is 11.2. The first-order valence-corrected chi connectivity index (χ1v) is 10.0. The van der Waals surface area contributed by atoms with Crippen LogP contribution < -0.4 is 19.1 Å². The van der Waals surface area contributed by atoms with Crippen LogP contribution in [0.5, 0.6) is 17.2 Å². The summed E-state index contributed by atoms with van der Waals surface area (Å²) in [6.45, 7) is 0.0644. The van der Waals surface area contributed by atoms with Gasteiger partial charge in [-0.05, 0) is 72.8 Å². The molecule has 0 spiro atoms. The lowest BCUT2D eigenvalue weighted by Crippen LogP contribution is -2.40. The number of amides is 1. The quantitative estimate of drug-likeness (QED) is 0.531. The van der Waals surface area contributed by atoms with Gasteiger partial charge in [-0.2, -0.15) is 0 Å². The molecule has 3 aromatic carbocycles. The molecule has 0 aromatic heterocycles. The van der Waals surface area contributed by atoms with Gasteiger partial charge in [0.1, 0.15) is 30.0 Å². The third kappa shape index (κ3) is 6.13. The average Bonchev–Trinajstić information content (AvgIpc) is 2.82. The van der Waals surface area contributed by atoms with Gasteiger partial charge in [0.25, 0.3) is 5.91 Å². The largest absolute Gasteiger partial charge is 0.497 e. The maximum absolute atomic E-state index is 13.2. The minimum atomic E-state index is -0.917. The molecule has 1 amide bonds. The maximum Gasteiger partial charge on any atom is 0.258 e. The van der Waals surface area contributed by atoms with E-state index in [9.17, 15) is 9.90 Å². The molecule has 1 atom stereocenters. The summed E-state index contributed by atoms with van der Waals surface area (Å²) in [6.07, 6.45) is -0.917. The lowest BCUT2D eigenvalue weighted by atomic mass is 10.1. The Morgan fingerprint density at radius 3 is 1.94 bits per heavy atom. The third-order valence-corrected chi connectivity index (χ3v) is 4.87. The highest BCUT2D eigenvalue weighted by Crippen LogP contribution is 2.23. The van der Waals surface area contributed by atoms with Crippen LogP contribution in [0.2, 0.25) is 5.02 Å². The summed E-state index contributed by atoms with van der Waals surface area (Å²) in [4.78, 5) is 14.7. The number of rotatable bonds is 9. The van der Waals surface area contributed by atoms with Crippen LogP contribution in [-0.4, -0.2) is 44.5 Å². The zero-order valence-corrected chi connectivity index (χ0v) is 18.1. The minimum absolute atomic E-state index is 0.0180. The number of benzene rings is 3. The highest BCUT2D eigenvalue weighted by Gasteiger charge is 2.22. The fraction of sp³-hybridized carbons (Fsp3) is 0.208. The number of anilines is 1. The highest BCUT2D eigenvalue weighted by molar-refractivity contribution is 6.30. The number of hydrogen-bond acceptors (Lipinski definition) is 5. The minimum Gasteiger partial charge on any atom is -0.497 e. The smallest absolute Gasteiger partial charge is 0.258 e. The van der Waals surface area contributed by atoms with Gasteiger partial charge in [0.15, 0.2) is 0 Å². The highest BCUT2D eigenvalue weighted by atomic mass is 35.5. The van der Waals surface area contributed by atoms with E-state index in [4.69, 9.17) is 25.8 Å².